The highest BCUT2D eigenvalue weighted by atomic mass is 32.2. The van der Waals surface area contributed by atoms with Crippen molar-refractivity contribution in [3.8, 4) is 0 Å². The highest BCUT2D eigenvalue weighted by Crippen LogP contribution is 2.23. The van der Waals surface area contributed by atoms with Gasteiger partial charge in [-0.3, -0.25) is 14.7 Å². The smallest absolute Gasteiger partial charge is 0.276 e. The van der Waals surface area contributed by atoms with Gasteiger partial charge < -0.3 is 15.0 Å². The Labute approximate surface area is 228 Å². The second-order valence-electron chi connectivity index (χ2n) is 10.2. The fourth-order valence-electron chi connectivity index (χ4n) is 4.32. The molecular formula is C29H34N4O5S. The molecule has 10 heteroatoms. The first-order valence-corrected chi connectivity index (χ1v) is 14.1. The number of benzene rings is 3. The van der Waals surface area contributed by atoms with Crippen molar-refractivity contribution < 1.29 is 23.5 Å². The van der Waals surface area contributed by atoms with Crippen LogP contribution in [0.3, 0.4) is 0 Å². The van der Waals surface area contributed by atoms with E-state index < -0.39 is 22.0 Å². The predicted molar refractivity (Wildman–Crippen MR) is 151 cm³/mol. The normalized spacial score (nSPS) is 12.8. The third-order valence-corrected chi connectivity index (χ3v) is 8.04. The highest BCUT2D eigenvalue weighted by molar-refractivity contribution is 7.92. The fraction of sp³-hybridized carbons (Fsp3) is 0.276. The summed E-state index contributed by atoms with van der Waals surface area (Å²) in [7, 11) is -2.43. The van der Waals surface area contributed by atoms with Gasteiger partial charge in [-0.1, -0.05) is 30.3 Å². The van der Waals surface area contributed by atoms with Crippen molar-refractivity contribution in [3.63, 3.8) is 0 Å². The first-order valence-electron chi connectivity index (χ1n) is 12.6. The number of β-amino-alcohol motifs (C(OH)–C–C–N with tert-alkyl or cyclic N) is 1. The van der Waals surface area contributed by atoms with E-state index in [1.807, 2.05) is 18.3 Å². The molecule has 4 aromatic rings. The van der Waals surface area contributed by atoms with Crippen LogP contribution in [0.15, 0.2) is 90.0 Å². The van der Waals surface area contributed by atoms with E-state index in [-0.39, 0.29) is 17.0 Å². The number of carbonyl (C=O) groups excluding carboxylic acids is 1. The van der Waals surface area contributed by atoms with Gasteiger partial charge in [-0.25, -0.2) is 13.5 Å². The van der Waals surface area contributed by atoms with Gasteiger partial charge in [0, 0.05) is 54.0 Å². The molecule has 1 aromatic heterocycles. The first kappa shape index (κ1) is 28.3. The maximum absolute atomic E-state index is 12.6. The number of nitrogens with zero attached hydrogens (tertiary/aromatic N) is 2. The summed E-state index contributed by atoms with van der Waals surface area (Å²) in [6, 6.07) is 22.2. The van der Waals surface area contributed by atoms with E-state index in [2.05, 4.69) is 28.5 Å². The van der Waals surface area contributed by atoms with Crippen LogP contribution in [0.2, 0.25) is 0 Å². The molecule has 0 aliphatic rings. The zero-order valence-corrected chi connectivity index (χ0v) is 23.0. The van der Waals surface area contributed by atoms with Crippen molar-refractivity contribution in [1.29, 1.82) is 0 Å². The van der Waals surface area contributed by atoms with Gasteiger partial charge in [0.2, 0.25) is 0 Å². The number of sulfonamides is 1. The number of rotatable bonds is 11. The molecule has 1 amide bonds. The lowest BCUT2D eigenvalue weighted by Crippen LogP contribution is -2.42. The Morgan fingerprint density at radius 1 is 1.03 bits per heavy atom. The van der Waals surface area contributed by atoms with Crippen molar-refractivity contribution in [2.75, 3.05) is 18.3 Å². The lowest BCUT2D eigenvalue weighted by atomic mass is 9.99. The molecule has 0 aliphatic carbocycles. The van der Waals surface area contributed by atoms with Crippen molar-refractivity contribution in [1.82, 2.24) is 14.9 Å². The van der Waals surface area contributed by atoms with Gasteiger partial charge in [-0.15, -0.1) is 0 Å². The van der Waals surface area contributed by atoms with Gasteiger partial charge in [0.25, 0.3) is 15.9 Å². The van der Waals surface area contributed by atoms with Crippen LogP contribution in [0.1, 0.15) is 42.3 Å². The SMILES string of the molecule is CN(O)C(=O)c1ccc2c(ccn2CCC(C)(C)NCC(O)c2cccc(NS(=O)(=O)c3ccccc3)c2)c1. The Hall–Kier alpha value is -3.70. The van der Waals surface area contributed by atoms with Gasteiger partial charge >= 0.3 is 0 Å². The quantitative estimate of drug-likeness (QED) is 0.162. The van der Waals surface area contributed by atoms with Crippen molar-refractivity contribution in [2.24, 2.45) is 0 Å². The zero-order chi connectivity index (χ0) is 28.2. The second kappa shape index (κ2) is 11.6. The zero-order valence-electron chi connectivity index (χ0n) is 22.2. The molecule has 0 radical (unpaired) electrons. The van der Waals surface area contributed by atoms with Crippen LogP contribution in [0.4, 0.5) is 5.69 Å². The largest absolute Gasteiger partial charge is 0.387 e. The van der Waals surface area contributed by atoms with Crippen LogP contribution in [0.25, 0.3) is 10.9 Å². The average Bonchev–Trinajstić information content (AvgIpc) is 3.33. The minimum atomic E-state index is -3.73. The molecule has 39 heavy (non-hydrogen) atoms. The monoisotopic (exact) mass is 550 g/mol. The number of aliphatic hydroxyl groups is 1. The Balaban J connectivity index is 1.35. The van der Waals surface area contributed by atoms with E-state index in [0.29, 0.717) is 28.4 Å². The van der Waals surface area contributed by atoms with E-state index in [9.17, 15) is 23.5 Å². The maximum Gasteiger partial charge on any atom is 0.276 e. The molecule has 3 aromatic carbocycles. The average molecular weight is 551 g/mol. The molecule has 0 spiro atoms. The first-order chi connectivity index (χ1) is 18.4. The van der Waals surface area contributed by atoms with Crippen LogP contribution in [0.5, 0.6) is 0 Å². The third kappa shape index (κ3) is 7.04. The van der Waals surface area contributed by atoms with Gasteiger partial charge in [0.1, 0.15) is 0 Å². The number of aliphatic hydroxyl groups excluding tert-OH is 1. The standard InChI is InChI=1S/C29H34N4O5S/c1-29(2,15-17-33-16-14-21-18-23(12-13-26(21)33)28(35)32(3)36)30-20-27(34)22-8-7-9-24(19-22)31-39(37,38)25-10-5-4-6-11-25/h4-14,16,18-19,27,30-31,34,36H,15,17,20H2,1-3H3. The molecule has 1 heterocycles. The summed E-state index contributed by atoms with van der Waals surface area (Å²) in [5.74, 6) is -0.465. The van der Waals surface area contributed by atoms with Crippen LogP contribution in [0, 0.1) is 0 Å². The van der Waals surface area contributed by atoms with Crippen LogP contribution < -0.4 is 10.0 Å². The van der Waals surface area contributed by atoms with Gasteiger partial charge in [-0.2, -0.15) is 0 Å². The van der Waals surface area contributed by atoms with Crippen molar-refractivity contribution >= 4 is 32.5 Å². The minimum Gasteiger partial charge on any atom is -0.387 e. The van der Waals surface area contributed by atoms with Crippen LogP contribution in [-0.2, 0) is 16.6 Å². The second-order valence-corrected chi connectivity index (χ2v) is 11.9. The molecule has 0 fully saturated rings. The summed E-state index contributed by atoms with van der Waals surface area (Å²) in [4.78, 5) is 12.2. The molecule has 0 bridgehead atoms. The number of nitrogens with one attached hydrogen (secondary N) is 2. The van der Waals surface area contributed by atoms with E-state index in [4.69, 9.17) is 0 Å². The summed E-state index contributed by atoms with van der Waals surface area (Å²) in [5.41, 5.74) is 2.07. The van der Waals surface area contributed by atoms with Crippen LogP contribution in [-0.4, -0.2) is 53.4 Å². The predicted octanol–water partition coefficient (Wildman–Crippen LogP) is 4.40. The lowest BCUT2D eigenvalue weighted by Gasteiger charge is -2.28. The number of carbonyl (C=O) groups is 1. The van der Waals surface area contributed by atoms with E-state index in [1.165, 1.54) is 19.2 Å². The van der Waals surface area contributed by atoms with Gasteiger partial charge in [0.15, 0.2) is 0 Å². The maximum atomic E-state index is 12.6. The fourth-order valence-corrected chi connectivity index (χ4v) is 5.39. The summed E-state index contributed by atoms with van der Waals surface area (Å²) < 4.78 is 30.0. The number of hydrogen-bond donors (Lipinski definition) is 4. The van der Waals surface area contributed by atoms with E-state index in [1.54, 1.807) is 54.6 Å². The number of fused-ring (bicyclic) bond motifs is 1. The number of aryl methyl sites for hydroxylation is 1. The Bertz CT molecular complexity index is 1550. The summed E-state index contributed by atoms with van der Waals surface area (Å²) >= 11 is 0. The summed E-state index contributed by atoms with van der Waals surface area (Å²) in [6.07, 6.45) is 1.90. The van der Waals surface area contributed by atoms with E-state index in [0.717, 1.165) is 17.3 Å². The Morgan fingerprint density at radius 2 is 1.77 bits per heavy atom. The minimum absolute atomic E-state index is 0.168. The molecule has 206 valence electrons. The summed E-state index contributed by atoms with van der Waals surface area (Å²) in [6.45, 7) is 5.12. The van der Waals surface area contributed by atoms with Crippen LogP contribution >= 0.6 is 0 Å². The number of hydroxylamine groups is 2. The third-order valence-electron chi connectivity index (χ3n) is 6.64. The van der Waals surface area contributed by atoms with Crippen molar-refractivity contribution in [2.45, 2.75) is 43.4 Å². The Kier molecular flexibility index (Phi) is 8.41. The summed E-state index contributed by atoms with van der Waals surface area (Å²) in [5, 5.41) is 25.1. The van der Waals surface area contributed by atoms with Crippen molar-refractivity contribution in [3.05, 3.63) is 96.2 Å². The van der Waals surface area contributed by atoms with Gasteiger partial charge in [0.05, 0.1) is 11.0 Å². The molecule has 4 N–H and O–H groups in total. The molecule has 9 nitrogen and oxygen atoms in total. The molecule has 0 saturated heterocycles. The number of hydrogen-bond acceptors (Lipinski definition) is 6. The number of aromatic nitrogens is 1. The molecule has 1 atom stereocenters. The van der Waals surface area contributed by atoms with E-state index >= 15 is 0 Å². The highest BCUT2D eigenvalue weighted by Gasteiger charge is 2.21. The molecular weight excluding hydrogens is 516 g/mol. The lowest BCUT2D eigenvalue weighted by molar-refractivity contribution is -0.0374. The topological polar surface area (TPSA) is 124 Å². The molecule has 0 aliphatic heterocycles. The number of amides is 1. The molecule has 0 saturated carbocycles. The number of anilines is 1. The molecule has 1 unspecified atom stereocenters. The van der Waals surface area contributed by atoms with Gasteiger partial charge in [-0.05, 0) is 74.4 Å². The molecule has 4 rings (SSSR count). The Morgan fingerprint density at radius 3 is 2.49 bits per heavy atom.